The number of benzene rings is 1. The average molecular weight is 455 g/mol. The van der Waals surface area contributed by atoms with Gasteiger partial charge >= 0.3 is 0 Å². The lowest BCUT2D eigenvalue weighted by Crippen LogP contribution is -2.49. The van der Waals surface area contributed by atoms with Gasteiger partial charge in [-0.25, -0.2) is 0 Å². The van der Waals surface area contributed by atoms with Crippen LogP contribution in [0.2, 0.25) is 10.0 Å². The highest BCUT2D eigenvalue weighted by Gasteiger charge is 2.40. The molecule has 7 heteroatoms. The highest BCUT2D eigenvalue weighted by molar-refractivity contribution is 6.35. The SMILES string of the molecule is CC1=C(C#N)C(=O)N(C2CCCCC2)C(=O)/C1=C/c1ccc(-c2cc(Cl)ccc2Cl)o1. The highest BCUT2D eigenvalue weighted by Crippen LogP contribution is 2.35. The quantitative estimate of drug-likeness (QED) is 0.409. The van der Waals surface area contributed by atoms with Gasteiger partial charge in [0.15, 0.2) is 0 Å². The van der Waals surface area contributed by atoms with Crippen molar-refractivity contribution in [3.05, 3.63) is 62.9 Å². The monoisotopic (exact) mass is 454 g/mol. The Morgan fingerprint density at radius 2 is 1.84 bits per heavy atom. The van der Waals surface area contributed by atoms with Gasteiger partial charge in [0.2, 0.25) is 0 Å². The number of imide groups is 1. The fourth-order valence-corrected chi connectivity index (χ4v) is 4.56. The minimum atomic E-state index is -0.500. The van der Waals surface area contributed by atoms with Gasteiger partial charge < -0.3 is 4.42 Å². The minimum Gasteiger partial charge on any atom is -0.457 e. The number of nitrogens with zero attached hydrogens (tertiary/aromatic N) is 2. The third-order valence-electron chi connectivity index (χ3n) is 5.82. The van der Waals surface area contributed by atoms with Crippen LogP contribution in [-0.2, 0) is 9.59 Å². The summed E-state index contributed by atoms with van der Waals surface area (Å²) in [6.07, 6.45) is 6.14. The molecule has 2 heterocycles. The van der Waals surface area contributed by atoms with Crippen molar-refractivity contribution in [2.24, 2.45) is 0 Å². The van der Waals surface area contributed by atoms with Crippen LogP contribution in [0.4, 0.5) is 0 Å². The molecule has 1 fully saturated rings. The van der Waals surface area contributed by atoms with Gasteiger partial charge in [0.05, 0.1) is 5.02 Å². The van der Waals surface area contributed by atoms with Crippen LogP contribution in [0, 0.1) is 11.3 Å². The van der Waals surface area contributed by atoms with E-state index in [9.17, 15) is 14.9 Å². The van der Waals surface area contributed by atoms with Crippen molar-refractivity contribution >= 4 is 41.1 Å². The van der Waals surface area contributed by atoms with Crippen LogP contribution in [0.3, 0.4) is 0 Å². The lowest BCUT2D eigenvalue weighted by Gasteiger charge is -2.36. The van der Waals surface area contributed by atoms with Gasteiger partial charge in [-0.15, -0.1) is 0 Å². The molecule has 0 N–H and O–H groups in total. The molecular weight excluding hydrogens is 435 g/mol. The number of carbonyl (C=O) groups is 2. The Labute approximate surface area is 190 Å². The van der Waals surface area contributed by atoms with Crippen molar-refractivity contribution in [2.75, 3.05) is 0 Å². The van der Waals surface area contributed by atoms with E-state index in [0.29, 0.717) is 38.3 Å². The third kappa shape index (κ3) is 4.06. The average Bonchev–Trinajstić information content (AvgIpc) is 3.22. The number of nitriles is 1. The number of hydrogen-bond donors (Lipinski definition) is 0. The molecule has 4 rings (SSSR count). The van der Waals surface area contributed by atoms with E-state index in [2.05, 4.69) is 0 Å². The Balaban J connectivity index is 1.74. The van der Waals surface area contributed by atoms with Crippen molar-refractivity contribution in [3.8, 4) is 17.4 Å². The standard InChI is InChI=1S/C24H20Cl2N2O3/c1-14-18(12-17-8-10-22(31-17)19-11-15(25)7-9-21(19)26)23(29)28(24(30)20(14)13-27)16-5-3-2-4-6-16/h7-12,16H,2-6H2,1H3/b18-12+. The molecule has 0 unspecified atom stereocenters. The van der Waals surface area contributed by atoms with E-state index in [1.54, 1.807) is 43.3 Å². The smallest absolute Gasteiger partial charge is 0.271 e. The molecule has 158 valence electrons. The normalized spacial score (nSPS) is 19.3. The Bertz CT molecular complexity index is 1160. The van der Waals surface area contributed by atoms with Crippen molar-refractivity contribution in [2.45, 2.75) is 45.1 Å². The maximum atomic E-state index is 13.3. The molecule has 0 saturated heterocycles. The van der Waals surface area contributed by atoms with Gasteiger partial charge in [-0.05, 0) is 61.7 Å². The second-order valence-corrected chi connectivity index (χ2v) is 8.61. The predicted molar refractivity (Wildman–Crippen MR) is 119 cm³/mol. The maximum absolute atomic E-state index is 13.3. The molecule has 0 spiro atoms. The first-order chi connectivity index (χ1) is 14.9. The number of carbonyl (C=O) groups excluding carboxylic acids is 2. The molecular formula is C24H20Cl2N2O3. The van der Waals surface area contributed by atoms with Crippen molar-refractivity contribution in [3.63, 3.8) is 0 Å². The molecule has 0 atom stereocenters. The van der Waals surface area contributed by atoms with Crippen molar-refractivity contribution in [1.29, 1.82) is 5.26 Å². The second kappa shape index (κ2) is 8.74. The van der Waals surface area contributed by atoms with Crippen molar-refractivity contribution in [1.82, 2.24) is 4.90 Å². The van der Waals surface area contributed by atoms with Gasteiger partial charge in [-0.3, -0.25) is 14.5 Å². The molecule has 2 aliphatic rings. The minimum absolute atomic E-state index is 0.00101. The van der Waals surface area contributed by atoms with Crippen LogP contribution in [0.1, 0.15) is 44.8 Å². The third-order valence-corrected chi connectivity index (χ3v) is 6.38. The second-order valence-electron chi connectivity index (χ2n) is 7.77. The Morgan fingerprint density at radius 1 is 1.10 bits per heavy atom. The fourth-order valence-electron chi connectivity index (χ4n) is 4.17. The van der Waals surface area contributed by atoms with Gasteiger partial charge in [-0.1, -0.05) is 42.5 Å². The van der Waals surface area contributed by atoms with Gasteiger partial charge in [0.25, 0.3) is 11.8 Å². The first kappa shape index (κ1) is 21.4. The zero-order valence-corrected chi connectivity index (χ0v) is 18.5. The number of rotatable bonds is 3. The Morgan fingerprint density at radius 3 is 2.55 bits per heavy atom. The summed E-state index contributed by atoms with van der Waals surface area (Å²) in [6.45, 7) is 1.62. The van der Waals surface area contributed by atoms with Crippen LogP contribution in [-0.4, -0.2) is 22.8 Å². The summed E-state index contributed by atoms with van der Waals surface area (Å²) in [5.41, 5.74) is 1.29. The lowest BCUT2D eigenvalue weighted by molar-refractivity contribution is -0.143. The lowest BCUT2D eigenvalue weighted by atomic mass is 9.89. The molecule has 31 heavy (non-hydrogen) atoms. The molecule has 0 radical (unpaired) electrons. The van der Waals surface area contributed by atoms with Gasteiger partial charge in [0.1, 0.15) is 23.2 Å². The van der Waals surface area contributed by atoms with Crippen molar-refractivity contribution < 1.29 is 14.0 Å². The van der Waals surface area contributed by atoms with E-state index in [1.807, 2.05) is 6.07 Å². The molecule has 0 bridgehead atoms. The zero-order chi connectivity index (χ0) is 22.1. The highest BCUT2D eigenvalue weighted by atomic mass is 35.5. The first-order valence-electron chi connectivity index (χ1n) is 10.2. The first-order valence-corrected chi connectivity index (χ1v) is 10.9. The summed E-state index contributed by atoms with van der Waals surface area (Å²) in [4.78, 5) is 27.5. The Kier molecular flexibility index (Phi) is 6.04. The largest absolute Gasteiger partial charge is 0.457 e. The number of furan rings is 1. The van der Waals surface area contributed by atoms with E-state index >= 15 is 0 Å². The van der Waals surface area contributed by atoms with Gasteiger partial charge in [-0.2, -0.15) is 5.26 Å². The number of halogens is 2. The summed E-state index contributed by atoms with van der Waals surface area (Å²) in [7, 11) is 0. The maximum Gasteiger partial charge on any atom is 0.271 e. The molecule has 2 amide bonds. The summed E-state index contributed by atoms with van der Waals surface area (Å²) < 4.78 is 5.90. The van der Waals surface area contributed by atoms with Crippen LogP contribution in [0.5, 0.6) is 0 Å². The van der Waals surface area contributed by atoms with E-state index in [4.69, 9.17) is 27.6 Å². The molecule has 1 aliphatic carbocycles. The molecule has 2 aromatic rings. The fraction of sp³-hybridized carbons (Fsp3) is 0.292. The topological polar surface area (TPSA) is 74.3 Å². The van der Waals surface area contributed by atoms with E-state index in [1.165, 1.54) is 4.90 Å². The summed E-state index contributed by atoms with van der Waals surface area (Å²) in [6, 6.07) is 10.3. The van der Waals surface area contributed by atoms with E-state index in [0.717, 1.165) is 32.1 Å². The van der Waals surface area contributed by atoms with Crippen LogP contribution < -0.4 is 0 Å². The van der Waals surface area contributed by atoms with Crippen LogP contribution in [0.25, 0.3) is 17.4 Å². The molecule has 5 nitrogen and oxygen atoms in total. The molecule has 1 saturated carbocycles. The molecule has 1 aliphatic heterocycles. The zero-order valence-electron chi connectivity index (χ0n) is 17.0. The number of hydrogen-bond acceptors (Lipinski definition) is 4. The molecule has 1 aromatic carbocycles. The summed E-state index contributed by atoms with van der Waals surface area (Å²) in [5, 5.41) is 10.6. The summed E-state index contributed by atoms with van der Waals surface area (Å²) in [5.74, 6) is 0.0426. The van der Waals surface area contributed by atoms with Crippen LogP contribution >= 0.6 is 23.2 Å². The van der Waals surface area contributed by atoms with E-state index < -0.39 is 5.91 Å². The summed E-state index contributed by atoms with van der Waals surface area (Å²) >= 11 is 12.3. The molecule has 1 aromatic heterocycles. The number of amides is 2. The van der Waals surface area contributed by atoms with E-state index in [-0.39, 0.29) is 17.5 Å². The predicted octanol–water partition coefficient (Wildman–Crippen LogP) is 6.18. The van der Waals surface area contributed by atoms with Gasteiger partial charge in [0, 0.05) is 22.2 Å². The Hall–Kier alpha value is -2.81. The van der Waals surface area contributed by atoms with Crippen LogP contribution in [0.15, 0.2) is 51.5 Å².